The van der Waals surface area contributed by atoms with E-state index in [0.717, 1.165) is 19.3 Å². The van der Waals surface area contributed by atoms with Crippen LogP contribution in [-0.4, -0.2) is 36.3 Å². The van der Waals surface area contributed by atoms with E-state index in [0.29, 0.717) is 19.4 Å². The molecule has 1 aliphatic rings. The molecular weight excluding hydrogens is 242 g/mol. The van der Waals surface area contributed by atoms with E-state index < -0.39 is 11.5 Å². The van der Waals surface area contributed by atoms with Gasteiger partial charge in [-0.1, -0.05) is 19.3 Å². The Kier molecular flexibility index (Phi) is 5.34. The monoisotopic (exact) mass is 265 g/mol. The summed E-state index contributed by atoms with van der Waals surface area (Å²) < 4.78 is 0. The van der Waals surface area contributed by atoms with E-state index in [-0.39, 0.29) is 11.8 Å². The van der Waals surface area contributed by atoms with Crippen LogP contribution in [0.1, 0.15) is 46.0 Å². The van der Waals surface area contributed by atoms with Gasteiger partial charge in [-0.25, -0.2) is 0 Å². The molecule has 5 heteroatoms. The number of nitriles is 1. The highest BCUT2D eigenvalue weighted by Gasteiger charge is 2.40. The molecule has 2 amide bonds. The van der Waals surface area contributed by atoms with E-state index in [2.05, 4.69) is 11.4 Å². The van der Waals surface area contributed by atoms with Crippen LogP contribution in [0.25, 0.3) is 0 Å². The quantitative estimate of drug-likeness (QED) is 0.836. The molecule has 0 bridgehead atoms. The van der Waals surface area contributed by atoms with Gasteiger partial charge >= 0.3 is 0 Å². The molecule has 1 rings (SSSR count). The van der Waals surface area contributed by atoms with Gasteiger partial charge in [-0.2, -0.15) is 5.26 Å². The lowest BCUT2D eigenvalue weighted by atomic mass is 9.74. The van der Waals surface area contributed by atoms with Gasteiger partial charge in [0.2, 0.25) is 11.8 Å². The first-order valence-electron chi connectivity index (χ1n) is 6.94. The Morgan fingerprint density at radius 3 is 2.42 bits per heavy atom. The van der Waals surface area contributed by atoms with Crippen LogP contribution in [0.5, 0.6) is 0 Å². The zero-order valence-corrected chi connectivity index (χ0v) is 12.0. The molecule has 0 spiro atoms. The summed E-state index contributed by atoms with van der Waals surface area (Å²) >= 11 is 0. The second-order valence-corrected chi connectivity index (χ2v) is 5.30. The Labute approximate surface area is 115 Å². The minimum atomic E-state index is -0.933. The van der Waals surface area contributed by atoms with Gasteiger partial charge in [0.1, 0.15) is 11.5 Å². The first kappa shape index (κ1) is 15.5. The van der Waals surface area contributed by atoms with E-state index in [1.807, 2.05) is 6.92 Å². The van der Waals surface area contributed by atoms with Crippen LogP contribution < -0.4 is 5.32 Å². The first-order valence-corrected chi connectivity index (χ1v) is 6.94. The van der Waals surface area contributed by atoms with Crippen molar-refractivity contribution in [3.63, 3.8) is 0 Å². The molecule has 0 saturated heterocycles. The van der Waals surface area contributed by atoms with Crippen molar-refractivity contribution in [1.29, 1.82) is 5.26 Å². The maximum absolute atomic E-state index is 12.3. The summed E-state index contributed by atoms with van der Waals surface area (Å²) in [5, 5.41) is 12.0. The fraction of sp³-hybridized carbons (Fsp3) is 0.786. The molecule has 1 fully saturated rings. The fourth-order valence-electron chi connectivity index (χ4n) is 2.43. The fourth-order valence-corrected chi connectivity index (χ4v) is 2.43. The van der Waals surface area contributed by atoms with Gasteiger partial charge in [0.15, 0.2) is 0 Å². The average Bonchev–Trinajstić information content (AvgIpc) is 2.45. The van der Waals surface area contributed by atoms with Crippen LogP contribution in [0.2, 0.25) is 0 Å². The molecule has 1 atom stereocenters. The lowest BCUT2D eigenvalue weighted by molar-refractivity contribution is -0.137. The Morgan fingerprint density at radius 2 is 1.95 bits per heavy atom. The third-order valence-corrected chi connectivity index (χ3v) is 3.92. The van der Waals surface area contributed by atoms with Crippen LogP contribution in [0, 0.1) is 16.7 Å². The van der Waals surface area contributed by atoms with Gasteiger partial charge in [-0.05, 0) is 26.7 Å². The van der Waals surface area contributed by atoms with E-state index in [9.17, 15) is 14.9 Å². The zero-order valence-electron chi connectivity index (χ0n) is 12.0. The minimum Gasteiger partial charge on any atom is -0.344 e. The van der Waals surface area contributed by atoms with Crippen LogP contribution in [0.15, 0.2) is 0 Å². The van der Waals surface area contributed by atoms with Crippen molar-refractivity contribution < 1.29 is 9.59 Å². The molecule has 0 aromatic heterocycles. The molecule has 0 radical (unpaired) electrons. The molecule has 0 heterocycles. The van der Waals surface area contributed by atoms with E-state index in [1.54, 1.807) is 18.9 Å². The SMILES string of the molecule is CCN(C)C(=O)C(C)NC(=O)C1(C#N)CCCCC1. The summed E-state index contributed by atoms with van der Waals surface area (Å²) in [4.78, 5) is 25.7. The molecule has 106 valence electrons. The van der Waals surface area contributed by atoms with Gasteiger partial charge < -0.3 is 10.2 Å². The van der Waals surface area contributed by atoms with Gasteiger partial charge in [0.25, 0.3) is 0 Å². The topological polar surface area (TPSA) is 73.2 Å². The standard InChI is InChI=1S/C14H23N3O2/c1-4-17(3)12(18)11(2)16-13(19)14(10-15)8-6-5-7-9-14/h11H,4-9H2,1-3H3,(H,16,19). The molecule has 0 aromatic carbocycles. The van der Waals surface area contributed by atoms with E-state index in [4.69, 9.17) is 0 Å². The Morgan fingerprint density at radius 1 is 1.37 bits per heavy atom. The Hall–Kier alpha value is -1.57. The smallest absolute Gasteiger partial charge is 0.244 e. The molecule has 1 unspecified atom stereocenters. The van der Waals surface area contributed by atoms with E-state index >= 15 is 0 Å². The summed E-state index contributed by atoms with van der Waals surface area (Å²) in [5.74, 6) is -0.417. The molecule has 1 N–H and O–H groups in total. The molecule has 5 nitrogen and oxygen atoms in total. The van der Waals surface area contributed by atoms with Crippen molar-refractivity contribution >= 4 is 11.8 Å². The van der Waals surface area contributed by atoms with Crippen molar-refractivity contribution in [2.75, 3.05) is 13.6 Å². The molecule has 19 heavy (non-hydrogen) atoms. The summed E-state index contributed by atoms with van der Waals surface area (Å²) in [6.45, 7) is 4.15. The van der Waals surface area contributed by atoms with E-state index in [1.165, 1.54) is 0 Å². The predicted molar refractivity (Wildman–Crippen MR) is 72.0 cm³/mol. The molecule has 0 aliphatic heterocycles. The highest BCUT2D eigenvalue weighted by Crippen LogP contribution is 2.35. The predicted octanol–water partition coefficient (Wildman–Crippen LogP) is 1.44. The Bertz CT molecular complexity index is 381. The average molecular weight is 265 g/mol. The number of carbonyl (C=O) groups excluding carboxylic acids is 2. The normalized spacial score (nSPS) is 19.1. The molecule has 0 aromatic rings. The maximum Gasteiger partial charge on any atom is 0.244 e. The summed E-state index contributed by atoms with van der Waals surface area (Å²) in [7, 11) is 1.70. The number of nitrogens with zero attached hydrogens (tertiary/aromatic N) is 2. The van der Waals surface area contributed by atoms with Crippen LogP contribution in [0.4, 0.5) is 0 Å². The van der Waals surface area contributed by atoms with Crippen molar-refractivity contribution in [3.8, 4) is 6.07 Å². The number of rotatable bonds is 4. The Balaban J connectivity index is 2.68. The van der Waals surface area contributed by atoms with Crippen LogP contribution in [-0.2, 0) is 9.59 Å². The third-order valence-electron chi connectivity index (χ3n) is 3.92. The van der Waals surface area contributed by atoms with Gasteiger partial charge in [0.05, 0.1) is 6.07 Å². The van der Waals surface area contributed by atoms with Crippen LogP contribution >= 0.6 is 0 Å². The van der Waals surface area contributed by atoms with Crippen molar-refractivity contribution in [3.05, 3.63) is 0 Å². The lowest BCUT2D eigenvalue weighted by Gasteiger charge is -2.31. The lowest BCUT2D eigenvalue weighted by Crippen LogP contribution is -2.50. The number of hydrogen-bond acceptors (Lipinski definition) is 3. The van der Waals surface area contributed by atoms with Gasteiger partial charge in [0, 0.05) is 13.6 Å². The second kappa shape index (κ2) is 6.55. The highest BCUT2D eigenvalue weighted by atomic mass is 16.2. The van der Waals surface area contributed by atoms with Gasteiger partial charge in [-0.3, -0.25) is 9.59 Å². The molecule has 1 aliphatic carbocycles. The minimum absolute atomic E-state index is 0.125. The largest absolute Gasteiger partial charge is 0.344 e. The van der Waals surface area contributed by atoms with Crippen LogP contribution in [0.3, 0.4) is 0 Å². The summed E-state index contributed by atoms with van der Waals surface area (Å²) in [6, 6.07) is 1.59. The maximum atomic E-state index is 12.3. The number of hydrogen-bond donors (Lipinski definition) is 1. The van der Waals surface area contributed by atoms with Gasteiger partial charge in [-0.15, -0.1) is 0 Å². The summed E-state index contributed by atoms with van der Waals surface area (Å²) in [5.41, 5.74) is -0.933. The highest BCUT2D eigenvalue weighted by molar-refractivity contribution is 5.91. The summed E-state index contributed by atoms with van der Waals surface area (Å²) in [6.07, 6.45) is 4.07. The third kappa shape index (κ3) is 3.46. The number of carbonyl (C=O) groups is 2. The molecular formula is C14H23N3O2. The number of likely N-dealkylation sites (N-methyl/N-ethyl adjacent to an activating group) is 1. The van der Waals surface area contributed by atoms with Crippen molar-refractivity contribution in [2.24, 2.45) is 5.41 Å². The van der Waals surface area contributed by atoms with Crippen molar-refractivity contribution in [2.45, 2.75) is 52.0 Å². The number of nitrogens with one attached hydrogen (secondary N) is 1. The zero-order chi connectivity index (χ0) is 14.5. The second-order valence-electron chi connectivity index (χ2n) is 5.30. The van der Waals surface area contributed by atoms with Crippen molar-refractivity contribution in [1.82, 2.24) is 10.2 Å². The number of amides is 2. The molecule has 1 saturated carbocycles. The first-order chi connectivity index (χ1) is 8.96.